The van der Waals surface area contributed by atoms with Gasteiger partial charge in [-0.3, -0.25) is 9.05 Å². The SMILES string of the molecule is O=P(O)(OCc1cccc(CO)c1)OCc1cccc(CO)c1. The van der Waals surface area contributed by atoms with Gasteiger partial charge in [0.2, 0.25) is 0 Å². The maximum Gasteiger partial charge on any atom is 0.472 e. The van der Waals surface area contributed by atoms with Crippen molar-refractivity contribution in [2.45, 2.75) is 26.4 Å². The minimum absolute atomic E-state index is 0.0989. The minimum Gasteiger partial charge on any atom is -0.392 e. The number of rotatable bonds is 8. The fraction of sp³-hybridized carbons (Fsp3) is 0.250. The van der Waals surface area contributed by atoms with Crippen LogP contribution in [-0.4, -0.2) is 15.1 Å². The van der Waals surface area contributed by atoms with Gasteiger partial charge in [0.25, 0.3) is 0 Å². The van der Waals surface area contributed by atoms with E-state index in [0.29, 0.717) is 22.3 Å². The lowest BCUT2D eigenvalue weighted by atomic mass is 10.1. The van der Waals surface area contributed by atoms with E-state index in [9.17, 15) is 9.46 Å². The van der Waals surface area contributed by atoms with Crippen molar-refractivity contribution in [1.82, 2.24) is 0 Å². The maximum absolute atomic E-state index is 11.9. The average molecular weight is 338 g/mol. The van der Waals surface area contributed by atoms with Crippen LogP contribution in [0, 0.1) is 0 Å². The second-order valence-corrected chi connectivity index (χ2v) is 6.43. The van der Waals surface area contributed by atoms with E-state index in [-0.39, 0.29) is 26.4 Å². The zero-order valence-electron chi connectivity index (χ0n) is 12.5. The van der Waals surface area contributed by atoms with Crippen molar-refractivity contribution in [3.63, 3.8) is 0 Å². The molecule has 23 heavy (non-hydrogen) atoms. The minimum atomic E-state index is -4.20. The van der Waals surface area contributed by atoms with E-state index in [1.807, 2.05) is 0 Å². The first-order valence-electron chi connectivity index (χ1n) is 7.01. The highest BCUT2D eigenvalue weighted by Gasteiger charge is 2.21. The fourth-order valence-electron chi connectivity index (χ4n) is 1.99. The van der Waals surface area contributed by atoms with Crippen LogP contribution in [-0.2, 0) is 40.0 Å². The van der Waals surface area contributed by atoms with Gasteiger partial charge in [0.05, 0.1) is 26.4 Å². The van der Waals surface area contributed by atoms with Crippen molar-refractivity contribution < 1.29 is 28.7 Å². The molecule has 0 bridgehead atoms. The first-order valence-corrected chi connectivity index (χ1v) is 8.51. The Hall–Kier alpha value is -1.53. The van der Waals surface area contributed by atoms with Crippen molar-refractivity contribution in [1.29, 1.82) is 0 Å². The predicted octanol–water partition coefficient (Wildman–Crippen LogP) is 2.51. The van der Waals surface area contributed by atoms with Crippen LogP contribution in [0.15, 0.2) is 48.5 Å². The maximum atomic E-state index is 11.9. The van der Waals surface area contributed by atoms with Crippen LogP contribution in [0.5, 0.6) is 0 Å². The summed E-state index contributed by atoms with van der Waals surface area (Å²) >= 11 is 0. The predicted molar refractivity (Wildman–Crippen MR) is 84.1 cm³/mol. The lowest BCUT2D eigenvalue weighted by molar-refractivity contribution is 0.137. The molecule has 3 N–H and O–H groups in total. The summed E-state index contributed by atoms with van der Waals surface area (Å²) in [6.45, 7) is -0.415. The van der Waals surface area contributed by atoms with E-state index in [4.69, 9.17) is 19.3 Å². The van der Waals surface area contributed by atoms with Gasteiger partial charge in [-0.1, -0.05) is 48.5 Å². The van der Waals surface area contributed by atoms with Crippen molar-refractivity contribution >= 4 is 7.82 Å². The molecule has 0 unspecified atom stereocenters. The van der Waals surface area contributed by atoms with Gasteiger partial charge in [-0.15, -0.1) is 0 Å². The molecule has 2 rings (SSSR count). The molecule has 2 aromatic rings. The second-order valence-electron chi connectivity index (χ2n) is 4.97. The summed E-state index contributed by atoms with van der Waals surface area (Å²) in [5.41, 5.74) is 2.72. The van der Waals surface area contributed by atoms with Crippen molar-refractivity contribution in [2.75, 3.05) is 0 Å². The Morgan fingerprint density at radius 2 is 1.17 bits per heavy atom. The summed E-state index contributed by atoms with van der Waals surface area (Å²) < 4.78 is 21.8. The van der Waals surface area contributed by atoms with Crippen molar-refractivity contribution in [3.8, 4) is 0 Å². The smallest absolute Gasteiger partial charge is 0.392 e. The van der Waals surface area contributed by atoms with E-state index in [2.05, 4.69) is 0 Å². The van der Waals surface area contributed by atoms with E-state index in [1.165, 1.54) is 0 Å². The van der Waals surface area contributed by atoms with Crippen LogP contribution < -0.4 is 0 Å². The molecule has 6 nitrogen and oxygen atoms in total. The second kappa shape index (κ2) is 8.36. The third-order valence-electron chi connectivity index (χ3n) is 3.14. The van der Waals surface area contributed by atoms with Crippen LogP contribution in [0.2, 0.25) is 0 Å². The van der Waals surface area contributed by atoms with Crippen LogP contribution in [0.1, 0.15) is 22.3 Å². The van der Waals surface area contributed by atoms with Gasteiger partial charge in [-0.25, -0.2) is 4.57 Å². The highest BCUT2D eigenvalue weighted by molar-refractivity contribution is 7.47. The number of aliphatic hydroxyl groups excluding tert-OH is 2. The summed E-state index contributed by atoms with van der Waals surface area (Å²) in [5, 5.41) is 18.1. The molecule has 0 amide bonds. The molecule has 2 aromatic carbocycles. The number of hydrogen-bond acceptors (Lipinski definition) is 5. The number of benzene rings is 2. The summed E-state index contributed by atoms with van der Waals surface area (Å²) in [7, 11) is -4.20. The lowest BCUT2D eigenvalue weighted by Crippen LogP contribution is -1.98. The van der Waals surface area contributed by atoms with Crippen molar-refractivity contribution in [2.24, 2.45) is 0 Å². The molecule has 0 aliphatic carbocycles. The molecule has 0 atom stereocenters. The Morgan fingerprint density at radius 3 is 1.57 bits per heavy atom. The molecule has 0 radical (unpaired) electrons. The van der Waals surface area contributed by atoms with Gasteiger partial charge in [-0.05, 0) is 22.3 Å². The molecule has 0 saturated carbocycles. The van der Waals surface area contributed by atoms with Gasteiger partial charge in [0.15, 0.2) is 0 Å². The Balaban J connectivity index is 1.89. The third kappa shape index (κ3) is 5.88. The topological polar surface area (TPSA) is 96.2 Å². The van der Waals surface area contributed by atoms with E-state index >= 15 is 0 Å². The van der Waals surface area contributed by atoms with Crippen LogP contribution >= 0.6 is 7.82 Å². The molecule has 0 aliphatic rings. The van der Waals surface area contributed by atoms with Crippen molar-refractivity contribution in [3.05, 3.63) is 70.8 Å². The number of phosphoric ester groups is 1. The highest BCUT2D eigenvalue weighted by atomic mass is 31.2. The number of aliphatic hydroxyl groups is 2. The molecular formula is C16H19O6P. The van der Waals surface area contributed by atoms with Crippen LogP contribution in [0.4, 0.5) is 0 Å². The fourth-order valence-corrected chi connectivity index (χ4v) is 2.68. The Kier molecular flexibility index (Phi) is 6.47. The van der Waals surface area contributed by atoms with E-state index in [0.717, 1.165) is 0 Å². The van der Waals surface area contributed by atoms with Gasteiger partial charge in [-0.2, -0.15) is 0 Å². The summed E-state index contributed by atoms with van der Waals surface area (Å²) in [5.74, 6) is 0. The standard InChI is InChI=1S/C16H19O6P/c17-9-13-3-1-5-15(7-13)11-21-23(19,20)22-12-16-6-2-4-14(8-16)10-18/h1-8,17-18H,9-12H2,(H,19,20). The molecule has 0 fully saturated rings. The molecule has 0 saturated heterocycles. The molecule has 0 aliphatic heterocycles. The monoisotopic (exact) mass is 338 g/mol. The zero-order valence-corrected chi connectivity index (χ0v) is 13.4. The number of phosphoric acid groups is 1. The van der Waals surface area contributed by atoms with E-state index in [1.54, 1.807) is 48.5 Å². The van der Waals surface area contributed by atoms with Gasteiger partial charge >= 0.3 is 7.82 Å². The molecule has 124 valence electrons. The third-order valence-corrected chi connectivity index (χ3v) is 4.05. The molecule has 0 heterocycles. The Bertz CT molecular complexity index is 632. The highest BCUT2D eigenvalue weighted by Crippen LogP contribution is 2.45. The number of hydrogen-bond donors (Lipinski definition) is 3. The lowest BCUT2D eigenvalue weighted by Gasteiger charge is -2.13. The quantitative estimate of drug-likeness (QED) is 0.640. The first-order chi connectivity index (χ1) is 11.0. The Morgan fingerprint density at radius 1 is 0.783 bits per heavy atom. The van der Waals surface area contributed by atoms with Gasteiger partial charge in [0.1, 0.15) is 0 Å². The first kappa shape index (κ1) is 17.8. The summed E-state index contributed by atoms with van der Waals surface area (Å²) in [6.07, 6.45) is 0. The van der Waals surface area contributed by atoms with E-state index < -0.39 is 7.82 Å². The average Bonchev–Trinajstić information content (AvgIpc) is 2.59. The molecule has 7 heteroatoms. The normalized spacial score (nSPS) is 11.6. The largest absolute Gasteiger partial charge is 0.472 e. The molecular weight excluding hydrogens is 319 g/mol. The van der Waals surface area contributed by atoms with Crippen LogP contribution in [0.3, 0.4) is 0 Å². The summed E-state index contributed by atoms with van der Waals surface area (Å²) in [6, 6.07) is 13.8. The van der Waals surface area contributed by atoms with Gasteiger partial charge < -0.3 is 15.1 Å². The van der Waals surface area contributed by atoms with Gasteiger partial charge in [0, 0.05) is 0 Å². The Labute approximate surface area is 134 Å². The summed E-state index contributed by atoms with van der Waals surface area (Å²) in [4.78, 5) is 9.70. The van der Waals surface area contributed by atoms with Crippen LogP contribution in [0.25, 0.3) is 0 Å². The molecule has 0 spiro atoms. The zero-order chi connectivity index (χ0) is 16.7. The molecule has 0 aromatic heterocycles.